The third-order valence-electron chi connectivity index (χ3n) is 3.97. The maximum Gasteiger partial charge on any atom is 0.0598 e. The van der Waals surface area contributed by atoms with Crippen molar-refractivity contribution in [2.75, 3.05) is 13.2 Å². The van der Waals surface area contributed by atoms with Crippen molar-refractivity contribution in [1.29, 1.82) is 0 Å². The van der Waals surface area contributed by atoms with Crippen molar-refractivity contribution in [3.05, 3.63) is 0 Å². The molecule has 1 rings (SSSR count). The van der Waals surface area contributed by atoms with Gasteiger partial charge in [0.05, 0.1) is 5.60 Å². The molecule has 1 unspecified atom stereocenters. The van der Waals surface area contributed by atoms with E-state index in [4.69, 9.17) is 4.74 Å². The summed E-state index contributed by atoms with van der Waals surface area (Å²) in [6.07, 6.45) is 3.88. The fourth-order valence-corrected chi connectivity index (χ4v) is 1.84. The number of hydrogen-bond acceptors (Lipinski definition) is 2. The van der Waals surface area contributed by atoms with Gasteiger partial charge in [-0.05, 0) is 51.4 Å². The standard InChI is InChI=1S/C15H31NO/c1-12(2)15(6,11-16-13-7-8-13)9-10-17-14(3,4)5/h12-13,16H,7-11H2,1-6H3. The summed E-state index contributed by atoms with van der Waals surface area (Å²) < 4.78 is 5.87. The van der Waals surface area contributed by atoms with Crippen LogP contribution in [-0.4, -0.2) is 24.8 Å². The van der Waals surface area contributed by atoms with Crippen molar-refractivity contribution in [3.8, 4) is 0 Å². The molecule has 0 aromatic heterocycles. The second kappa shape index (κ2) is 5.71. The van der Waals surface area contributed by atoms with E-state index in [1.165, 1.54) is 12.8 Å². The normalized spacial score (nSPS) is 20.6. The van der Waals surface area contributed by atoms with Crippen LogP contribution in [0.15, 0.2) is 0 Å². The largest absolute Gasteiger partial charge is 0.376 e. The zero-order valence-corrected chi connectivity index (χ0v) is 12.6. The number of rotatable bonds is 7. The summed E-state index contributed by atoms with van der Waals surface area (Å²) in [5.41, 5.74) is 0.343. The van der Waals surface area contributed by atoms with Gasteiger partial charge in [-0.25, -0.2) is 0 Å². The fraction of sp³-hybridized carbons (Fsp3) is 1.00. The molecule has 17 heavy (non-hydrogen) atoms. The molecule has 2 heteroatoms. The second-order valence-electron chi connectivity index (χ2n) is 7.17. The number of hydrogen-bond donors (Lipinski definition) is 1. The Kier molecular flexibility index (Phi) is 5.03. The molecule has 1 N–H and O–H groups in total. The Hall–Kier alpha value is -0.0800. The fourth-order valence-electron chi connectivity index (χ4n) is 1.84. The lowest BCUT2D eigenvalue weighted by atomic mass is 9.76. The lowest BCUT2D eigenvalue weighted by molar-refractivity contribution is -0.0224. The first-order valence-electron chi connectivity index (χ1n) is 7.10. The van der Waals surface area contributed by atoms with Crippen LogP contribution in [-0.2, 0) is 4.74 Å². The van der Waals surface area contributed by atoms with E-state index < -0.39 is 0 Å². The first-order valence-corrected chi connectivity index (χ1v) is 7.10. The molecular weight excluding hydrogens is 210 g/mol. The van der Waals surface area contributed by atoms with Gasteiger partial charge in [0, 0.05) is 19.2 Å². The van der Waals surface area contributed by atoms with Gasteiger partial charge in [-0.1, -0.05) is 20.8 Å². The van der Waals surface area contributed by atoms with E-state index in [2.05, 4.69) is 46.9 Å². The lowest BCUT2D eigenvalue weighted by Gasteiger charge is -2.35. The quantitative estimate of drug-likeness (QED) is 0.735. The molecule has 0 aromatic carbocycles. The molecule has 1 saturated carbocycles. The summed E-state index contributed by atoms with van der Waals surface area (Å²) >= 11 is 0. The Labute approximate surface area is 108 Å². The van der Waals surface area contributed by atoms with Crippen LogP contribution in [0.3, 0.4) is 0 Å². The molecule has 102 valence electrons. The summed E-state index contributed by atoms with van der Waals surface area (Å²) in [6.45, 7) is 15.4. The molecule has 0 radical (unpaired) electrons. The highest BCUT2D eigenvalue weighted by Crippen LogP contribution is 2.32. The molecule has 0 spiro atoms. The molecule has 0 aliphatic heterocycles. The summed E-state index contributed by atoms with van der Waals surface area (Å²) in [6, 6.07) is 0.802. The summed E-state index contributed by atoms with van der Waals surface area (Å²) in [7, 11) is 0. The molecule has 0 aromatic rings. The number of nitrogens with one attached hydrogen (secondary N) is 1. The predicted octanol–water partition coefficient (Wildman–Crippen LogP) is 3.61. The Bertz CT molecular complexity index is 228. The maximum atomic E-state index is 5.87. The summed E-state index contributed by atoms with van der Waals surface area (Å²) in [5.74, 6) is 0.692. The first kappa shape index (κ1) is 15.0. The van der Waals surface area contributed by atoms with Gasteiger partial charge < -0.3 is 10.1 Å². The molecule has 1 aliphatic carbocycles. The molecule has 0 saturated heterocycles. The van der Waals surface area contributed by atoms with Crippen LogP contribution in [0.2, 0.25) is 0 Å². The highest BCUT2D eigenvalue weighted by molar-refractivity contribution is 4.87. The molecule has 1 fully saturated rings. The Morgan fingerprint density at radius 1 is 1.18 bits per heavy atom. The average Bonchev–Trinajstić information content (AvgIpc) is 2.95. The van der Waals surface area contributed by atoms with E-state index in [0.717, 1.165) is 25.6 Å². The molecule has 2 nitrogen and oxygen atoms in total. The van der Waals surface area contributed by atoms with Gasteiger partial charge in [0.15, 0.2) is 0 Å². The van der Waals surface area contributed by atoms with Crippen molar-refractivity contribution >= 4 is 0 Å². The Morgan fingerprint density at radius 3 is 2.18 bits per heavy atom. The lowest BCUT2D eigenvalue weighted by Crippen LogP contribution is -2.38. The van der Waals surface area contributed by atoms with Crippen LogP contribution in [0.5, 0.6) is 0 Å². The van der Waals surface area contributed by atoms with E-state index in [0.29, 0.717) is 11.3 Å². The third-order valence-corrected chi connectivity index (χ3v) is 3.97. The second-order valence-corrected chi connectivity index (χ2v) is 7.17. The minimum Gasteiger partial charge on any atom is -0.376 e. The zero-order valence-electron chi connectivity index (χ0n) is 12.6. The van der Waals surface area contributed by atoms with E-state index in [9.17, 15) is 0 Å². The first-order chi connectivity index (χ1) is 7.73. The van der Waals surface area contributed by atoms with Crippen LogP contribution < -0.4 is 5.32 Å². The molecule has 1 atom stereocenters. The third kappa shape index (κ3) is 5.87. The average molecular weight is 241 g/mol. The topological polar surface area (TPSA) is 21.3 Å². The smallest absolute Gasteiger partial charge is 0.0598 e. The summed E-state index contributed by atoms with van der Waals surface area (Å²) in [4.78, 5) is 0. The SMILES string of the molecule is CC(C)C(C)(CCOC(C)(C)C)CNC1CC1. The van der Waals surface area contributed by atoms with Crippen LogP contribution in [0, 0.1) is 11.3 Å². The van der Waals surface area contributed by atoms with Crippen molar-refractivity contribution in [3.63, 3.8) is 0 Å². The van der Waals surface area contributed by atoms with Gasteiger partial charge in [-0.2, -0.15) is 0 Å². The number of ether oxygens (including phenoxy) is 1. The monoisotopic (exact) mass is 241 g/mol. The molecule has 1 aliphatic rings. The minimum atomic E-state index is -0.0121. The molecule has 0 bridgehead atoms. The van der Waals surface area contributed by atoms with Gasteiger partial charge in [-0.15, -0.1) is 0 Å². The van der Waals surface area contributed by atoms with E-state index in [1.54, 1.807) is 0 Å². The predicted molar refractivity (Wildman–Crippen MR) is 74.3 cm³/mol. The van der Waals surface area contributed by atoms with Gasteiger partial charge >= 0.3 is 0 Å². The van der Waals surface area contributed by atoms with E-state index in [-0.39, 0.29) is 5.60 Å². The van der Waals surface area contributed by atoms with Gasteiger partial charge in [-0.3, -0.25) is 0 Å². The van der Waals surface area contributed by atoms with Crippen LogP contribution >= 0.6 is 0 Å². The molecule has 0 amide bonds. The van der Waals surface area contributed by atoms with E-state index in [1.807, 2.05) is 0 Å². The van der Waals surface area contributed by atoms with Crippen LogP contribution in [0.1, 0.15) is 60.8 Å². The van der Waals surface area contributed by atoms with Crippen LogP contribution in [0.25, 0.3) is 0 Å². The van der Waals surface area contributed by atoms with E-state index >= 15 is 0 Å². The Balaban J connectivity index is 2.34. The summed E-state index contributed by atoms with van der Waals surface area (Å²) in [5, 5.41) is 3.67. The van der Waals surface area contributed by atoms with Gasteiger partial charge in [0.2, 0.25) is 0 Å². The minimum absolute atomic E-state index is 0.0121. The zero-order chi connectivity index (χ0) is 13.1. The van der Waals surface area contributed by atoms with Crippen molar-refractivity contribution in [2.45, 2.75) is 72.4 Å². The highest BCUT2D eigenvalue weighted by Gasteiger charge is 2.31. The Morgan fingerprint density at radius 2 is 1.76 bits per heavy atom. The van der Waals surface area contributed by atoms with Gasteiger partial charge in [0.25, 0.3) is 0 Å². The van der Waals surface area contributed by atoms with Gasteiger partial charge in [0.1, 0.15) is 0 Å². The highest BCUT2D eigenvalue weighted by atomic mass is 16.5. The van der Waals surface area contributed by atoms with Crippen molar-refractivity contribution < 1.29 is 4.74 Å². The van der Waals surface area contributed by atoms with Crippen molar-refractivity contribution in [1.82, 2.24) is 5.32 Å². The molecular formula is C15H31NO. The van der Waals surface area contributed by atoms with Crippen LogP contribution in [0.4, 0.5) is 0 Å². The maximum absolute atomic E-state index is 5.87. The van der Waals surface area contributed by atoms with Crippen molar-refractivity contribution in [2.24, 2.45) is 11.3 Å². The molecule has 0 heterocycles.